The van der Waals surface area contributed by atoms with Crippen molar-refractivity contribution in [3.05, 3.63) is 27.9 Å². The van der Waals surface area contributed by atoms with Gasteiger partial charge in [0.15, 0.2) is 0 Å². The molecular formula is C15H19BrN2O2. The first-order valence-electron chi connectivity index (χ1n) is 6.46. The van der Waals surface area contributed by atoms with Crippen LogP contribution in [0, 0.1) is 13.8 Å². The number of fused-ring (bicyclic) bond motifs is 1. The normalized spacial score (nSPS) is 11.7. The number of nitrogens with one attached hydrogen (secondary N) is 2. The van der Waals surface area contributed by atoms with E-state index in [1.165, 1.54) is 5.56 Å². The number of carbonyl (C=O) groups is 1. The van der Waals surface area contributed by atoms with E-state index in [0.29, 0.717) is 5.69 Å². The Bertz CT molecular complexity index is 669. The highest BCUT2D eigenvalue weighted by atomic mass is 79.9. The molecule has 5 heteroatoms. The van der Waals surface area contributed by atoms with Gasteiger partial charge in [-0.25, -0.2) is 4.79 Å². The predicted molar refractivity (Wildman–Crippen MR) is 85.3 cm³/mol. The summed E-state index contributed by atoms with van der Waals surface area (Å²) >= 11 is 3.52. The molecular weight excluding hydrogens is 320 g/mol. The van der Waals surface area contributed by atoms with Gasteiger partial charge in [0.1, 0.15) is 5.60 Å². The van der Waals surface area contributed by atoms with Gasteiger partial charge in [0, 0.05) is 21.2 Å². The molecule has 0 aliphatic rings. The lowest BCUT2D eigenvalue weighted by molar-refractivity contribution is 0.0636. The summed E-state index contributed by atoms with van der Waals surface area (Å²) in [7, 11) is 0. The molecule has 2 aromatic rings. The van der Waals surface area contributed by atoms with Gasteiger partial charge in [-0.05, 0) is 68.2 Å². The number of ether oxygens (including phenoxy) is 1. The number of amides is 1. The number of aromatic amines is 1. The van der Waals surface area contributed by atoms with Crippen LogP contribution in [0.4, 0.5) is 10.5 Å². The highest BCUT2D eigenvalue weighted by molar-refractivity contribution is 9.10. The van der Waals surface area contributed by atoms with Gasteiger partial charge in [-0.2, -0.15) is 0 Å². The van der Waals surface area contributed by atoms with Crippen LogP contribution < -0.4 is 5.32 Å². The SMILES string of the molecule is Cc1[nH]c2c(Br)cc(NC(=O)OC(C)(C)C)cc2c1C. The molecule has 1 amide bonds. The van der Waals surface area contributed by atoms with Crippen LogP contribution in [-0.2, 0) is 4.74 Å². The van der Waals surface area contributed by atoms with E-state index in [-0.39, 0.29) is 0 Å². The van der Waals surface area contributed by atoms with E-state index in [2.05, 4.69) is 33.2 Å². The van der Waals surface area contributed by atoms with Crippen molar-refractivity contribution in [2.24, 2.45) is 0 Å². The van der Waals surface area contributed by atoms with Gasteiger partial charge in [-0.15, -0.1) is 0 Å². The molecule has 0 spiro atoms. The Kier molecular flexibility index (Phi) is 3.82. The first kappa shape index (κ1) is 14.9. The fraction of sp³-hybridized carbons (Fsp3) is 0.400. The molecule has 0 saturated heterocycles. The van der Waals surface area contributed by atoms with Crippen molar-refractivity contribution in [2.45, 2.75) is 40.2 Å². The van der Waals surface area contributed by atoms with Crippen LogP contribution >= 0.6 is 15.9 Å². The Labute approximate surface area is 127 Å². The van der Waals surface area contributed by atoms with Gasteiger partial charge in [0.2, 0.25) is 0 Å². The molecule has 20 heavy (non-hydrogen) atoms. The first-order chi connectivity index (χ1) is 9.17. The van der Waals surface area contributed by atoms with Gasteiger partial charge in [-0.3, -0.25) is 5.32 Å². The molecule has 0 unspecified atom stereocenters. The summed E-state index contributed by atoms with van der Waals surface area (Å²) in [5.74, 6) is 0. The maximum atomic E-state index is 11.8. The summed E-state index contributed by atoms with van der Waals surface area (Å²) in [4.78, 5) is 15.1. The van der Waals surface area contributed by atoms with Gasteiger partial charge in [0.05, 0.1) is 5.52 Å². The second-order valence-electron chi connectivity index (χ2n) is 5.88. The average Bonchev–Trinajstić information content (AvgIpc) is 2.54. The average molecular weight is 339 g/mol. The fourth-order valence-electron chi connectivity index (χ4n) is 2.01. The van der Waals surface area contributed by atoms with Crippen LogP contribution in [0.5, 0.6) is 0 Å². The van der Waals surface area contributed by atoms with Gasteiger partial charge in [0.25, 0.3) is 0 Å². The molecule has 0 fully saturated rings. The number of hydrogen-bond acceptors (Lipinski definition) is 2. The number of anilines is 1. The largest absolute Gasteiger partial charge is 0.444 e. The summed E-state index contributed by atoms with van der Waals surface area (Å²) in [6, 6.07) is 3.81. The maximum Gasteiger partial charge on any atom is 0.412 e. The van der Waals surface area contributed by atoms with Crippen molar-refractivity contribution >= 4 is 38.6 Å². The highest BCUT2D eigenvalue weighted by Crippen LogP contribution is 2.31. The second-order valence-corrected chi connectivity index (χ2v) is 6.74. The minimum absolute atomic E-state index is 0.450. The quantitative estimate of drug-likeness (QED) is 0.777. The minimum Gasteiger partial charge on any atom is -0.444 e. The highest BCUT2D eigenvalue weighted by Gasteiger charge is 2.17. The summed E-state index contributed by atoms with van der Waals surface area (Å²) < 4.78 is 6.17. The lowest BCUT2D eigenvalue weighted by atomic mass is 10.1. The van der Waals surface area contributed by atoms with E-state index < -0.39 is 11.7 Å². The van der Waals surface area contributed by atoms with Gasteiger partial charge < -0.3 is 9.72 Å². The molecule has 1 aromatic heterocycles. The lowest BCUT2D eigenvalue weighted by Crippen LogP contribution is -2.27. The van der Waals surface area contributed by atoms with Gasteiger partial charge in [-0.1, -0.05) is 0 Å². The van der Waals surface area contributed by atoms with Crippen LogP contribution in [0.2, 0.25) is 0 Å². The number of rotatable bonds is 1. The molecule has 0 atom stereocenters. The molecule has 1 heterocycles. The van der Waals surface area contributed by atoms with E-state index in [1.54, 1.807) is 0 Å². The number of hydrogen-bond donors (Lipinski definition) is 2. The summed E-state index contributed by atoms with van der Waals surface area (Å²) in [5, 5.41) is 3.85. The molecule has 108 valence electrons. The van der Waals surface area contributed by atoms with E-state index in [9.17, 15) is 4.79 Å². The zero-order valence-electron chi connectivity index (χ0n) is 12.3. The Morgan fingerprint density at radius 3 is 2.55 bits per heavy atom. The standard InChI is InChI=1S/C15H19BrN2O2/c1-8-9(2)17-13-11(8)6-10(7-12(13)16)18-14(19)20-15(3,4)5/h6-7,17H,1-5H3,(H,18,19). The number of aryl methyl sites for hydroxylation is 2. The van der Waals surface area contributed by atoms with Crippen LogP contribution in [-0.4, -0.2) is 16.7 Å². The summed E-state index contributed by atoms with van der Waals surface area (Å²) in [6.45, 7) is 9.60. The Morgan fingerprint density at radius 2 is 1.95 bits per heavy atom. The van der Waals surface area contributed by atoms with E-state index >= 15 is 0 Å². The van der Waals surface area contributed by atoms with Crippen molar-refractivity contribution in [3.63, 3.8) is 0 Å². The van der Waals surface area contributed by atoms with Crippen molar-refractivity contribution in [2.75, 3.05) is 5.32 Å². The molecule has 0 radical (unpaired) electrons. The van der Waals surface area contributed by atoms with Crippen molar-refractivity contribution < 1.29 is 9.53 Å². The van der Waals surface area contributed by atoms with Crippen LogP contribution in [0.25, 0.3) is 10.9 Å². The van der Waals surface area contributed by atoms with Gasteiger partial charge >= 0.3 is 6.09 Å². The number of halogens is 1. The third-order valence-electron chi connectivity index (χ3n) is 3.01. The predicted octanol–water partition coefficient (Wildman–Crippen LogP) is 4.89. The van der Waals surface area contributed by atoms with Crippen molar-refractivity contribution in [1.82, 2.24) is 4.98 Å². The summed E-state index contributed by atoms with van der Waals surface area (Å²) in [6.07, 6.45) is -0.450. The number of benzene rings is 1. The fourth-order valence-corrected chi connectivity index (χ4v) is 2.57. The van der Waals surface area contributed by atoms with E-state index in [0.717, 1.165) is 21.1 Å². The Morgan fingerprint density at radius 1 is 1.30 bits per heavy atom. The molecule has 2 N–H and O–H groups in total. The number of aromatic nitrogens is 1. The zero-order chi connectivity index (χ0) is 15.1. The first-order valence-corrected chi connectivity index (χ1v) is 7.25. The van der Waals surface area contributed by atoms with Crippen LogP contribution in [0.3, 0.4) is 0 Å². The van der Waals surface area contributed by atoms with Crippen LogP contribution in [0.1, 0.15) is 32.0 Å². The third kappa shape index (κ3) is 3.15. The monoisotopic (exact) mass is 338 g/mol. The van der Waals surface area contributed by atoms with Crippen molar-refractivity contribution in [3.8, 4) is 0 Å². The summed E-state index contributed by atoms with van der Waals surface area (Å²) in [5.41, 5.74) is 3.53. The third-order valence-corrected chi connectivity index (χ3v) is 3.64. The Balaban J connectivity index is 2.32. The van der Waals surface area contributed by atoms with Crippen LogP contribution in [0.15, 0.2) is 16.6 Å². The van der Waals surface area contributed by atoms with E-state index in [1.807, 2.05) is 39.8 Å². The molecule has 2 rings (SSSR count). The topological polar surface area (TPSA) is 54.1 Å². The number of H-pyrrole nitrogens is 1. The maximum absolute atomic E-state index is 11.8. The smallest absolute Gasteiger partial charge is 0.412 e. The molecule has 0 aliphatic heterocycles. The molecule has 0 bridgehead atoms. The molecule has 4 nitrogen and oxygen atoms in total. The lowest BCUT2D eigenvalue weighted by Gasteiger charge is -2.19. The zero-order valence-corrected chi connectivity index (χ0v) is 13.9. The second kappa shape index (κ2) is 5.13. The minimum atomic E-state index is -0.508. The van der Waals surface area contributed by atoms with Crippen molar-refractivity contribution in [1.29, 1.82) is 0 Å². The molecule has 0 saturated carbocycles. The number of carbonyl (C=O) groups excluding carboxylic acids is 1. The van der Waals surface area contributed by atoms with E-state index in [4.69, 9.17) is 4.74 Å². The Hall–Kier alpha value is -1.49. The molecule has 1 aromatic carbocycles. The molecule has 0 aliphatic carbocycles.